The molecule has 0 aliphatic carbocycles. The predicted octanol–water partition coefficient (Wildman–Crippen LogP) is 6.21. The number of carboxylic acid groups (broad SMARTS) is 1. The fraction of sp³-hybridized carbons (Fsp3) is 0.500. The maximum absolute atomic E-state index is 14.9. The zero-order valence-corrected chi connectivity index (χ0v) is 42.0. The van der Waals surface area contributed by atoms with E-state index in [1.54, 1.807) is 54.0 Å². The first-order valence-electron chi connectivity index (χ1n) is 23.2. The summed E-state index contributed by atoms with van der Waals surface area (Å²) in [6.45, 7) is 16.1. The highest BCUT2D eigenvalue weighted by molar-refractivity contribution is 7.95. The Balaban J connectivity index is 1.58. The molecule has 2 aliphatic rings. The second kappa shape index (κ2) is 21.4. The lowest BCUT2D eigenvalue weighted by Crippen LogP contribution is -2.62. The summed E-state index contributed by atoms with van der Waals surface area (Å²) in [7, 11) is -1.28. The van der Waals surface area contributed by atoms with Crippen LogP contribution in [0.25, 0.3) is 33.3 Å². The second-order valence-electron chi connectivity index (χ2n) is 19.9. The fourth-order valence-corrected chi connectivity index (χ4v) is 9.91. The summed E-state index contributed by atoms with van der Waals surface area (Å²) in [6.07, 6.45) is 1.48. The van der Waals surface area contributed by atoms with Crippen molar-refractivity contribution in [2.75, 3.05) is 32.0 Å². The quantitative estimate of drug-likeness (QED) is 0.0996. The number of aryl methyl sites for hydroxylation is 1. The van der Waals surface area contributed by atoms with Gasteiger partial charge in [-0.05, 0) is 117 Å². The van der Waals surface area contributed by atoms with Crippen LogP contribution in [0.2, 0.25) is 0 Å². The number of aliphatic hydroxyl groups is 1. The van der Waals surface area contributed by atoms with Gasteiger partial charge in [0.05, 0.1) is 36.1 Å². The molecule has 1 unspecified atom stereocenters. The Bertz CT molecular complexity index is 2690. The highest BCUT2D eigenvalue weighted by Gasteiger charge is 2.38. The number of fused-ring (bicyclic) bond motifs is 6. The number of rotatable bonds is 12. The van der Waals surface area contributed by atoms with Crippen molar-refractivity contribution >= 4 is 50.5 Å². The first-order chi connectivity index (χ1) is 32.4. The van der Waals surface area contributed by atoms with Crippen molar-refractivity contribution in [3.63, 3.8) is 0 Å². The third-order valence-electron chi connectivity index (χ3n) is 12.1. The third kappa shape index (κ3) is 12.9. The van der Waals surface area contributed by atoms with Crippen LogP contribution in [-0.4, -0.2) is 119 Å². The molecule has 0 spiro atoms. The van der Waals surface area contributed by atoms with E-state index in [0.29, 0.717) is 54.0 Å². The van der Waals surface area contributed by atoms with Crippen LogP contribution in [0.5, 0.6) is 0 Å². The number of benzene rings is 2. The number of methoxy groups -OCH3 is 1. The van der Waals surface area contributed by atoms with E-state index in [4.69, 9.17) is 19.2 Å². The van der Waals surface area contributed by atoms with E-state index < -0.39 is 75.2 Å². The Morgan fingerprint density at radius 3 is 2.52 bits per heavy atom. The van der Waals surface area contributed by atoms with Gasteiger partial charge in [-0.2, -0.15) is 0 Å². The molecule has 1 saturated heterocycles. The number of hydrogen-bond acceptors (Lipinski definition) is 12. The Morgan fingerprint density at radius 1 is 1.12 bits per heavy atom. The van der Waals surface area contributed by atoms with Gasteiger partial charge in [0.1, 0.15) is 17.7 Å². The van der Waals surface area contributed by atoms with Crippen LogP contribution >= 0.6 is 0 Å². The number of hydrogen-bond donors (Lipinski definition) is 5. The Hall–Kier alpha value is -5.86. The predicted molar refractivity (Wildman–Crippen MR) is 262 cm³/mol. The number of carbonyl (C=O) groups is 4. The summed E-state index contributed by atoms with van der Waals surface area (Å²) in [6, 6.07) is 11.8. The topological polar surface area (TPSA) is 231 Å². The van der Waals surface area contributed by atoms with Crippen LogP contribution < -0.4 is 15.5 Å². The van der Waals surface area contributed by atoms with E-state index in [1.807, 2.05) is 36.4 Å². The standard InChI is InChI=1S/C50H67N7O11S/c1-11-56-41-17-16-32-26-36(41)37(44(56)35-14-12-19-51-40(35)28-66-10)27-50(7,8)29-67-47(62)38-15-13-20-57(53-38)46(61)39(52-45(60)43(30(2)3)55(9)48(63)68-49(4,5)6)24-31-22-33(32)25-34(23-31)54-69(64,65)21-18-42(58)59/h12,14,16-19,21-23,25-26,30,38-39,43,47,53-54,62H,11,13,15,20,24,27-29H2,1-10H3,(H,52,60)(H,58,59)/b21-18+/t38-,39-,43-,47?/m0/s1. The van der Waals surface area contributed by atoms with Gasteiger partial charge in [-0.25, -0.2) is 23.4 Å². The van der Waals surface area contributed by atoms with E-state index >= 15 is 0 Å². The van der Waals surface area contributed by atoms with E-state index in [2.05, 4.69) is 40.8 Å². The third-order valence-corrected chi connectivity index (χ3v) is 13.1. The zero-order valence-electron chi connectivity index (χ0n) is 41.2. The van der Waals surface area contributed by atoms with Crippen LogP contribution in [0.1, 0.15) is 85.1 Å². The number of pyridine rings is 1. The largest absolute Gasteiger partial charge is 0.478 e. The lowest BCUT2D eigenvalue weighted by atomic mass is 9.84. The first-order valence-corrected chi connectivity index (χ1v) is 24.7. The van der Waals surface area contributed by atoms with E-state index in [0.717, 1.165) is 33.4 Å². The van der Waals surface area contributed by atoms with Gasteiger partial charge in [0.15, 0.2) is 6.29 Å². The monoisotopic (exact) mass is 973 g/mol. The highest BCUT2D eigenvalue weighted by Crippen LogP contribution is 2.41. The number of likely N-dealkylation sites (N-methyl/N-ethyl adjacent to an activating group) is 1. The Kier molecular flexibility index (Phi) is 16.3. The van der Waals surface area contributed by atoms with Crippen molar-refractivity contribution in [1.29, 1.82) is 0 Å². The summed E-state index contributed by atoms with van der Waals surface area (Å²) < 4.78 is 48.9. The maximum Gasteiger partial charge on any atom is 0.410 e. The number of amides is 3. The fourth-order valence-electron chi connectivity index (χ4n) is 9.10. The number of carboxylic acids is 1. The number of aliphatic carboxylic acids is 1. The van der Waals surface area contributed by atoms with Crippen LogP contribution in [0.15, 0.2) is 66.2 Å². The smallest absolute Gasteiger partial charge is 0.410 e. The van der Waals surface area contributed by atoms with Crippen molar-refractivity contribution in [2.24, 2.45) is 11.3 Å². The summed E-state index contributed by atoms with van der Waals surface area (Å²) >= 11 is 0. The molecule has 18 nitrogen and oxygen atoms in total. The molecule has 4 atom stereocenters. The average molecular weight is 974 g/mol. The molecular weight excluding hydrogens is 907 g/mol. The molecule has 2 aliphatic heterocycles. The normalized spacial score (nSPS) is 19.6. The summed E-state index contributed by atoms with van der Waals surface area (Å²) in [5.74, 6) is -3.07. The average Bonchev–Trinajstić information content (AvgIpc) is 3.57. The highest BCUT2D eigenvalue weighted by atomic mass is 32.2. The minimum absolute atomic E-state index is 0.0680. The molecule has 1 fully saturated rings. The molecule has 0 saturated carbocycles. The Morgan fingerprint density at radius 2 is 1.86 bits per heavy atom. The number of sulfonamides is 1. The SMILES string of the molecule is CCn1c(-c2cccnc2COC)c2c3cc(ccc31)-c1cc(cc(NS(=O)(=O)/C=C/C(=O)O)c1)C[C@H](NC(=O)[C@H](C(C)C)N(C)C(=O)OC(C)(C)C)C(=O)N1CCC[C@H](N1)C(O)OCC(C)(C)C2. The molecule has 19 heteroatoms. The number of hydrazine groups is 1. The minimum Gasteiger partial charge on any atom is -0.478 e. The molecule has 4 aromatic rings. The molecule has 6 rings (SSSR count). The van der Waals surface area contributed by atoms with Crippen molar-refractivity contribution < 1.29 is 52.0 Å². The number of ether oxygens (including phenoxy) is 3. The molecule has 2 aromatic heterocycles. The van der Waals surface area contributed by atoms with Crippen molar-refractivity contribution in [3.8, 4) is 22.4 Å². The number of aliphatic hydroxyl groups excluding tert-OH is 1. The van der Waals surface area contributed by atoms with Crippen molar-refractivity contribution in [1.82, 2.24) is 30.2 Å². The van der Waals surface area contributed by atoms with Gasteiger partial charge in [0.2, 0.25) is 5.91 Å². The molecule has 4 heterocycles. The molecular formula is C50H67N7O11S. The van der Waals surface area contributed by atoms with Gasteiger partial charge in [-0.3, -0.25) is 29.2 Å². The molecule has 374 valence electrons. The Labute approximate surface area is 404 Å². The number of nitrogens with zero attached hydrogens (tertiary/aromatic N) is 4. The van der Waals surface area contributed by atoms with Crippen LogP contribution in [0.3, 0.4) is 0 Å². The molecule has 3 amide bonds. The molecule has 5 N–H and O–H groups in total. The summed E-state index contributed by atoms with van der Waals surface area (Å²) in [5, 5.41) is 26.6. The summed E-state index contributed by atoms with van der Waals surface area (Å²) in [4.78, 5) is 59.9. The lowest BCUT2D eigenvalue weighted by Gasteiger charge is -2.39. The minimum atomic E-state index is -4.36. The van der Waals surface area contributed by atoms with Crippen LogP contribution in [0.4, 0.5) is 10.5 Å². The van der Waals surface area contributed by atoms with Gasteiger partial charge in [-0.1, -0.05) is 39.8 Å². The first kappa shape index (κ1) is 52.5. The maximum atomic E-state index is 14.9. The van der Waals surface area contributed by atoms with E-state index in [-0.39, 0.29) is 31.9 Å². The molecule has 6 bridgehead atoms. The van der Waals surface area contributed by atoms with Gasteiger partial charge >= 0.3 is 12.1 Å². The number of anilines is 1. The van der Waals surface area contributed by atoms with Crippen LogP contribution in [0, 0.1) is 11.3 Å². The van der Waals surface area contributed by atoms with Gasteiger partial charge in [0, 0.05) is 68.1 Å². The summed E-state index contributed by atoms with van der Waals surface area (Å²) in [5.41, 5.74) is 7.98. The van der Waals surface area contributed by atoms with E-state index in [9.17, 15) is 37.8 Å². The van der Waals surface area contributed by atoms with Gasteiger partial charge in [0.25, 0.3) is 15.9 Å². The van der Waals surface area contributed by atoms with E-state index in [1.165, 1.54) is 23.0 Å². The number of aromatic nitrogens is 2. The molecule has 0 radical (unpaired) electrons. The second-order valence-corrected chi connectivity index (χ2v) is 21.5. The van der Waals surface area contributed by atoms with Crippen molar-refractivity contribution in [2.45, 2.75) is 124 Å². The number of carbonyl (C=O) groups excluding carboxylic acids is 3. The molecule has 69 heavy (non-hydrogen) atoms. The van der Waals surface area contributed by atoms with Gasteiger partial charge < -0.3 is 34.3 Å². The van der Waals surface area contributed by atoms with Crippen molar-refractivity contribution in [3.05, 3.63) is 83.0 Å². The van der Waals surface area contributed by atoms with Crippen LogP contribution in [-0.2, 0) is 64.6 Å². The number of nitrogens with one attached hydrogen (secondary N) is 3. The zero-order chi connectivity index (χ0) is 50.6. The molecule has 2 aromatic carbocycles. The lowest BCUT2D eigenvalue weighted by molar-refractivity contribution is -0.164. The van der Waals surface area contributed by atoms with Gasteiger partial charge in [-0.15, -0.1) is 0 Å².